The summed E-state index contributed by atoms with van der Waals surface area (Å²) in [5.41, 5.74) is 2.00. The highest BCUT2D eigenvalue weighted by molar-refractivity contribution is 5.94. The Balaban J connectivity index is 1.79. The first-order chi connectivity index (χ1) is 8.84. The maximum atomic E-state index is 12.4. The van der Waals surface area contributed by atoms with Gasteiger partial charge in [0.15, 0.2) is 0 Å². The van der Waals surface area contributed by atoms with Crippen molar-refractivity contribution < 1.29 is 9.53 Å². The van der Waals surface area contributed by atoms with Crippen molar-refractivity contribution in [1.29, 1.82) is 0 Å². The summed E-state index contributed by atoms with van der Waals surface area (Å²) in [7, 11) is 0. The number of carbonyl (C=O) groups excluding carboxylic acids is 1. The Bertz CT molecular complexity index is 448. The van der Waals surface area contributed by atoms with Gasteiger partial charge in [-0.05, 0) is 36.6 Å². The average Bonchev–Trinajstić information content (AvgIpc) is 2.69. The Labute approximate surface area is 108 Å². The van der Waals surface area contributed by atoms with E-state index in [2.05, 4.69) is 0 Å². The van der Waals surface area contributed by atoms with E-state index in [1.165, 1.54) is 18.4 Å². The Kier molecular flexibility index (Phi) is 3.22. The molecule has 1 amide bonds. The first kappa shape index (κ1) is 11.6. The summed E-state index contributed by atoms with van der Waals surface area (Å²) in [6, 6.07) is 5.85. The third kappa shape index (κ3) is 2.22. The molecule has 0 bridgehead atoms. The molecule has 0 spiro atoms. The predicted molar refractivity (Wildman–Crippen MR) is 70.0 cm³/mol. The van der Waals surface area contributed by atoms with Gasteiger partial charge in [-0.3, -0.25) is 4.79 Å². The fraction of sp³-hybridized carbons (Fsp3) is 0.533. The normalized spacial score (nSPS) is 19.0. The van der Waals surface area contributed by atoms with E-state index < -0.39 is 0 Å². The Morgan fingerprint density at radius 2 is 1.89 bits per heavy atom. The van der Waals surface area contributed by atoms with E-state index in [0.717, 1.165) is 50.3 Å². The topological polar surface area (TPSA) is 29.5 Å². The van der Waals surface area contributed by atoms with E-state index in [9.17, 15) is 4.79 Å². The molecular formula is C15H19NO2. The fourth-order valence-electron chi connectivity index (χ4n) is 2.78. The molecule has 2 aliphatic heterocycles. The first-order valence-corrected chi connectivity index (χ1v) is 6.89. The lowest BCUT2D eigenvalue weighted by atomic mass is 10.1. The monoisotopic (exact) mass is 245 g/mol. The van der Waals surface area contributed by atoms with Gasteiger partial charge in [-0.2, -0.15) is 0 Å². The molecule has 3 rings (SSSR count). The quantitative estimate of drug-likeness (QED) is 0.761. The highest BCUT2D eigenvalue weighted by atomic mass is 16.5. The molecule has 2 heterocycles. The van der Waals surface area contributed by atoms with Gasteiger partial charge in [-0.25, -0.2) is 0 Å². The Morgan fingerprint density at radius 1 is 1.11 bits per heavy atom. The van der Waals surface area contributed by atoms with Crippen LogP contribution in [0, 0.1) is 0 Å². The highest BCUT2D eigenvalue weighted by Gasteiger charge is 2.20. The van der Waals surface area contributed by atoms with Crippen LogP contribution in [0.5, 0.6) is 5.75 Å². The van der Waals surface area contributed by atoms with Crippen molar-refractivity contribution in [3.63, 3.8) is 0 Å². The van der Waals surface area contributed by atoms with Crippen LogP contribution < -0.4 is 4.74 Å². The summed E-state index contributed by atoms with van der Waals surface area (Å²) >= 11 is 0. The minimum Gasteiger partial charge on any atom is -0.493 e. The Morgan fingerprint density at radius 3 is 2.67 bits per heavy atom. The van der Waals surface area contributed by atoms with Gasteiger partial charge >= 0.3 is 0 Å². The summed E-state index contributed by atoms with van der Waals surface area (Å²) in [6.45, 7) is 2.57. The molecule has 1 fully saturated rings. The summed E-state index contributed by atoms with van der Waals surface area (Å²) in [4.78, 5) is 14.4. The minimum atomic E-state index is 0.187. The number of hydrogen-bond donors (Lipinski definition) is 0. The van der Waals surface area contributed by atoms with Crippen LogP contribution in [-0.2, 0) is 6.42 Å². The van der Waals surface area contributed by atoms with Gasteiger partial charge in [-0.1, -0.05) is 12.8 Å². The molecule has 1 aromatic rings. The maximum Gasteiger partial charge on any atom is 0.253 e. The summed E-state index contributed by atoms with van der Waals surface area (Å²) < 4.78 is 5.47. The average molecular weight is 245 g/mol. The van der Waals surface area contributed by atoms with E-state index in [-0.39, 0.29) is 5.91 Å². The molecule has 0 unspecified atom stereocenters. The van der Waals surface area contributed by atoms with Gasteiger partial charge in [-0.15, -0.1) is 0 Å². The number of ether oxygens (including phenoxy) is 1. The van der Waals surface area contributed by atoms with Crippen molar-refractivity contribution in [1.82, 2.24) is 4.90 Å². The van der Waals surface area contributed by atoms with E-state index in [1.54, 1.807) is 0 Å². The first-order valence-electron chi connectivity index (χ1n) is 6.89. The summed E-state index contributed by atoms with van der Waals surface area (Å²) in [5, 5.41) is 0. The molecule has 0 aliphatic carbocycles. The van der Waals surface area contributed by atoms with Crippen LogP contribution in [0.15, 0.2) is 18.2 Å². The molecule has 1 saturated heterocycles. The molecule has 96 valence electrons. The van der Waals surface area contributed by atoms with Gasteiger partial charge in [0.2, 0.25) is 0 Å². The number of benzene rings is 1. The number of fused-ring (bicyclic) bond motifs is 1. The van der Waals surface area contributed by atoms with E-state index in [0.29, 0.717) is 0 Å². The molecule has 0 saturated carbocycles. The van der Waals surface area contributed by atoms with E-state index in [4.69, 9.17) is 4.74 Å². The van der Waals surface area contributed by atoms with E-state index >= 15 is 0 Å². The number of rotatable bonds is 1. The molecule has 18 heavy (non-hydrogen) atoms. The zero-order chi connectivity index (χ0) is 12.4. The van der Waals surface area contributed by atoms with Crippen molar-refractivity contribution >= 4 is 5.91 Å². The molecule has 3 nitrogen and oxygen atoms in total. The van der Waals surface area contributed by atoms with E-state index in [1.807, 2.05) is 23.1 Å². The van der Waals surface area contributed by atoms with Gasteiger partial charge < -0.3 is 9.64 Å². The number of nitrogens with zero attached hydrogens (tertiary/aromatic N) is 1. The zero-order valence-corrected chi connectivity index (χ0v) is 10.7. The third-order valence-electron chi connectivity index (χ3n) is 3.83. The van der Waals surface area contributed by atoms with Crippen molar-refractivity contribution in [2.75, 3.05) is 19.7 Å². The fourth-order valence-corrected chi connectivity index (χ4v) is 2.78. The lowest BCUT2D eigenvalue weighted by molar-refractivity contribution is 0.0761. The standard InChI is InChI=1S/C15H19NO2/c17-15(16-8-3-1-2-4-9-16)13-5-6-14-12(11-13)7-10-18-14/h5-6,11H,1-4,7-10H2. The lowest BCUT2D eigenvalue weighted by Crippen LogP contribution is -2.31. The zero-order valence-electron chi connectivity index (χ0n) is 10.7. The molecule has 0 aromatic heterocycles. The number of likely N-dealkylation sites (tertiary alicyclic amines) is 1. The SMILES string of the molecule is O=C(c1ccc2c(c1)CCO2)N1CCCCCC1. The van der Waals surface area contributed by atoms with Gasteiger partial charge in [0.1, 0.15) is 5.75 Å². The molecule has 1 aromatic carbocycles. The van der Waals surface area contributed by atoms with Crippen molar-refractivity contribution in [3.05, 3.63) is 29.3 Å². The summed E-state index contributed by atoms with van der Waals surface area (Å²) in [5.74, 6) is 1.13. The van der Waals surface area contributed by atoms with Crippen molar-refractivity contribution in [2.24, 2.45) is 0 Å². The summed E-state index contributed by atoms with van der Waals surface area (Å²) in [6.07, 6.45) is 5.71. The van der Waals surface area contributed by atoms with Gasteiger partial charge in [0.25, 0.3) is 5.91 Å². The molecular weight excluding hydrogens is 226 g/mol. The van der Waals surface area contributed by atoms with Crippen molar-refractivity contribution in [2.45, 2.75) is 32.1 Å². The maximum absolute atomic E-state index is 12.4. The van der Waals surface area contributed by atoms with Crippen LogP contribution in [0.2, 0.25) is 0 Å². The highest BCUT2D eigenvalue weighted by Crippen LogP contribution is 2.26. The smallest absolute Gasteiger partial charge is 0.253 e. The molecule has 0 radical (unpaired) electrons. The second-order valence-electron chi connectivity index (χ2n) is 5.13. The molecule has 0 atom stereocenters. The number of hydrogen-bond acceptors (Lipinski definition) is 2. The predicted octanol–water partition coefficient (Wildman–Crippen LogP) is 2.64. The van der Waals surface area contributed by atoms with Gasteiger partial charge in [0.05, 0.1) is 6.61 Å². The largest absolute Gasteiger partial charge is 0.493 e. The number of carbonyl (C=O) groups is 1. The molecule has 3 heteroatoms. The minimum absolute atomic E-state index is 0.187. The molecule has 0 N–H and O–H groups in total. The van der Waals surface area contributed by atoms with Crippen LogP contribution in [0.3, 0.4) is 0 Å². The molecule has 2 aliphatic rings. The van der Waals surface area contributed by atoms with Crippen LogP contribution in [0.4, 0.5) is 0 Å². The van der Waals surface area contributed by atoms with Gasteiger partial charge in [0, 0.05) is 25.1 Å². The lowest BCUT2D eigenvalue weighted by Gasteiger charge is -2.20. The van der Waals surface area contributed by atoms with Crippen LogP contribution in [0.1, 0.15) is 41.6 Å². The second kappa shape index (κ2) is 5.01. The van der Waals surface area contributed by atoms with Crippen LogP contribution in [0.25, 0.3) is 0 Å². The number of amides is 1. The second-order valence-corrected chi connectivity index (χ2v) is 5.13. The van der Waals surface area contributed by atoms with Crippen LogP contribution >= 0.6 is 0 Å². The Hall–Kier alpha value is -1.51. The third-order valence-corrected chi connectivity index (χ3v) is 3.83. The van der Waals surface area contributed by atoms with Crippen LogP contribution in [-0.4, -0.2) is 30.5 Å². The van der Waals surface area contributed by atoms with Crippen molar-refractivity contribution in [3.8, 4) is 5.75 Å².